The molecule has 0 unspecified atom stereocenters. The molecule has 38 heavy (non-hydrogen) atoms. The van der Waals surface area contributed by atoms with E-state index in [1.165, 1.54) is 6.07 Å². The van der Waals surface area contributed by atoms with Crippen molar-refractivity contribution in [3.05, 3.63) is 53.2 Å². The summed E-state index contributed by atoms with van der Waals surface area (Å²) in [5.74, 6) is 1.69. The molecule has 2 fully saturated rings. The maximum absolute atomic E-state index is 16.4. The van der Waals surface area contributed by atoms with Crippen molar-refractivity contribution in [3.8, 4) is 29.6 Å². The van der Waals surface area contributed by atoms with Crippen LogP contribution in [0.1, 0.15) is 24.0 Å². The van der Waals surface area contributed by atoms with Crippen LogP contribution in [-0.4, -0.2) is 59.6 Å². The summed E-state index contributed by atoms with van der Waals surface area (Å²) >= 11 is 0. The van der Waals surface area contributed by atoms with Crippen LogP contribution in [0.2, 0.25) is 0 Å². The van der Waals surface area contributed by atoms with Gasteiger partial charge in [0.05, 0.1) is 37.4 Å². The quantitative estimate of drug-likeness (QED) is 0.381. The van der Waals surface area contributed by atoms with Crippen molar-refractivity contribution >= 4 is 27.5 Å². The number of aliphatic hydroxyl groups is 1. The lowest BCUT2D eigenvalue weighted by Gasteiger charge is -2.29. The smallest absolute Gasteiger partial charge is 0.319 e. The summed E-state index contributed by atoms with van der Waals surface area (Å²) in [5, 5.41) is 11.2. The Hall–Kier alpha value is -3.87. The number of aryl methyl sites for hydroxylation is 1. The molecule has 3 heterocycles. The van der Waals surface area contributed by atoms with Crippen molar-refractivity contribution in [1.29, 1.82) is 0 Å². The van der Waals surface area contributed by atoms with Gasteiger partial charge in [-0.05, 0) is 42.8 Å². The number of hydrogen-bond acceptors (Lipinski definition) is 7. The second-order valence-electron chi connectivity index (χ2n) is 10.0. The Morgan fingerprint density at radius 3 is 2.68 bits per heavy atom. The highest BCUT2D eigenvalue weighted by atomic mass is 19.1. The van der Waals surface area contributed by atoms with E-state index < -0.39 is 11.6 Å². The van der Waals surface area contributed by atoms with Crippen LogP contribution < -0.4 is 9.64 Å². The van der Waals surface area contributed by atoms with Gasteiger partial charge in [0.2, 0.25) is 0 Å². The van der Waals surface area contributed by atoms with Crippen molar-refractivity contribution in [2.45, 2.75) is 19.8 Å². The Bertz CT molecular complexity index is 1610. The molecule has 2 aromatic heterocycles. The van der Waals surface area contributed by atoms with E-state index in [2.05, 4.69) is 20.9 Å². The summed E-state index contributed by atoms with van der Waals surface area (Å²) in [6.45, 7) is 4.29. The third-order valence-electron chi connectivity index (χ3n) is 7.36. The van der Waals surface area contributed by atoms with Gasteiger partial charge < -0.3 is 19.5 Å². The highest BCUT2D eigenvalue weighted by molar-refractivity contribution is 6.02. The van der Waals surface area contributed by atoms with Gasteiger partial charge in [0.25, 0.3) is 0 Å². The van der Waals surface area contributed by atoms with E-state index in [1.807, 2.05) is 17.9 Å². The first kappa shape index (κ1) is 24.5. The maximum atomic E-state index is 16.4. The predicted molar refractivity (Wildman–Crippen MR) is 140 cm³/mol. The van der Waals surface area contributed by atoms with Crippen LogP contribution in [0.5, 0.6) is 6.01 Å². The van der Waals surface area contributed by atoms with Crippen LogP contribution >= 0.6 is 0 Å². The normalized spacial score (nSPS) is 16.6. The molecule has 194 valence electrons. The molecule has 0 radical (unpaired) electrons. The van der Waals surface area contributed by atoms with E-state index in [-0.39, 0.29) is 41.4 Å². The second kappa shape index (κ2) is 9.46. The van der Waals surface area contributed by atoms with Crippen molar-refractivity contribution in [1.82, 2.24) is 15.0 Å². The molecule has 1 saturated carbocycles. The predicted octanol–water partition coefficient (Wildman–Crippen LogP) is 4.40. The number of anilines is 1. The topological polar surface area (TPSA) is 80.6 Å². The zero-order valence-electron chi connectivity index (χ0n) is 20.9. The number of morpholine rings is 1. The molecule has 0 bridgehead atoms. The molecule has 2 aliphatic rings. The number of hydrogen-bond donors (Lipinski definition) is 1. The van der Waals surface area contributed by atoms with E-state index in [9.17, 15) is 9.50 Å². The monoisotopic (exact) mass is 516 g/mol. The van der Waals surface area contributed by atoms with Gasteiger partial charge in [-0.1, -0.05) is 18.1 Å². The largest absolute Gasteiger partial charge is 0.463 e. The lowest BCUT2D eigenvalue weighted by Crippen LogP contribution is -2.37. The lowest BCUT2D eigenvalue weighted by atomic mass is 9.94. The molecule has 4 aromatic rings. The van der Waals surface area contributed by atoms with Crippen molar-refractivity contribution in [2.75, 3.05) is 44.4 Å². The SMILES string of the molecule is C#Cc1c(F)ccc2cc(C)cc(-c3ncc4c(N5CCOCC5)nc(OCC5(CO)CC5)nc4c3F)c12. The Balaban J connectivity index is 1.55. The molecular formula is C29H26F2N4O3. The van der Waals surface area contributed by atoms with Gasteiger partial charge in [0.15, 0.2) is 5.82 Å². The van der Waals surface area contributed by atoms with Crippen LogP contribution in [0.3, 0.4) is 0 Å². The second-order valence-corrected chi connectivity index (χ2v) is 10.0. The number of halogens is 2. The number of terminal acetylenes is 1. The molecule has 6 rings (SSSR count). The Kier molecular flexibility index (Phi) is 6.09. The number of fused-ring (bicyclic) bond motifs is 2. The van der Waals surface area contributed by atoms with Crippen LogP contribution in [0, 0.1) is 36.3 Å². The summed E-state index contributed by atoms with van der Waals surface area (Å²) in [5.41, 5.74) is 1.05. The van der Waals surface area contributed by atoms with Gasteiger partial charge in [-0.15, -0.1) is 6.42 Å². The number of aliphatic hydroxyl groups excluding tert-OH is 1. The number of rotatable bonds is 6. The summed E-state index contributed by atoms with van der Waals surface area (Å²) < 4.78 is 42.4. The zero-order valence-corrected chi connectivity index (χ0v) is 20.9. The minimum atomic E-state index is -0.674. The summed E-state index contributed by atoms with van der Waals surface area (Å²) in [7, 11) is 0. The van der Waals surface area contributed by atoms with Gasteiger partial charge in [-0.2, -0.15) is 9.97 Å². The fraction of sp³-hybridized carbons (Fsp3) is 0.345. The van der Waals surface area contributed by atoms with Crippen LogP contribution in [0.15, 0.2) is 30.5 Å². The first-order valence-electron chi connectivity index (χ1n) is 12.6. The van der Waals surface area contributed by atoms with Crippen LogP contribution in [-0.2, 0) is 4.74 Å². The summed E-state index contributed by atoms with van der Waals surface area (Å²) in [6, 6.07) is 6.59. The Morgan fingerprint density at radius 1 is 1.18 bits per heavy atom. The molecule has 9 heteroatoms. The highest BCUT2D eigenvalue weighted by Crippen LogP contribution is 2.45. The number of pyridine rings is 1. The summed E-state index contributed by atoms with van der Waals surface area (Å²) in [4.78, 5) is 15.5. The summed E-state index contributed by atoms with van der Waals surface area (Å²) in [6.07, 6.45) is 8.91. The van der Waals surface area contributed by atoms with Crippen molar-refractivity contribution in [2.24, 2.45) is 5.41 Å². The Labute approximate surface area is 218 Å². The molecule has 1 saturated heterocycles. The van der Waals surface area contributed by atoms with Gasteiger partial charge in [-0.3, -0.25) is 4.98 Å². The van der Waals surface area contributed by atoms with Crippen LogP contribution in [0.25, 0.3) is 32.9 Å². The molecule has 7 nitrogen and oxygen atoms in total. The van der Waals surface area contributed by atoms with Crippen molar-refractivity contribution in [3.63, 3.8) is 0 Å². The van der Waals surface area contributed by atoms with Gasteiger partial charge in [0.1, 0.15) is 22.8 Å². The highest BCUT2D eigenvalue weighted by Gasteiger charge is 2.43. The standard InChI is InChI=1S/C29H26F2N4O3/c1-3-19-22(30)5-4-18-12-17(2)13-20(23(18)19)25-24(31)26-21(14-32-25)27(35-8-10-37-11-9-35)34-28(33-26)38-16-29(15-36)6-7-29/h1,4-5,12-14,36H,6-11,15-16H2,2H3. The number of aromatic nitrogens is 3. The molecule has 1 N–H and O–H groups in total. The average molecular weight is 517 g/mol. The molecule has 1 aliphatic heterocycles. The number of benzene rings is 2. The first-order valence-corrected chi connectivity index (χ1v) is 12.6. The molecule has 0 spiro atoms. The van der Waals surface area contributed by atoms with Crippen LogP contribution in [0.4, 0.5) is 14.6 Å². The van der Waals surface area contributed by atoms with E-state index in [0.29, 0.717) is 53.8 Å². The van der Waals surface area contributed by atoms with Gasteiger partial charge in [-0.25, -0.2) is 8.78 Å². The molecule has 0 amide bonds. The van der Waals surface area contributed by atoms with Gasteiger partial charge >= 0.3 is 6.01 Å². The van der Waals surface area contributed by atoms with E-state index in [4.69, 9.17) is 15.9 Å². The van der Waals surface area contributed by atoms with Crippen molar-refractivity contribution < 1.29 is 23.4 Å². The van der Waals surface area contributed by atoms with Gasteiger partial charge in [0, 0.05) is 35.7 Å². The molecule has 1 aliphatic carbocycles. The fourth-order valence-corrected chi connectivity index (χ4v) is 4.95. The van der Waals surface area contributed by atoms with E-state index in [0.717, 1.165) is 18.4 Å². The van der Waals surface area contributed by atoms with E-state index in [1.54, 1.807) is 18.3 Å². The third kappa shape index (κ3) is 4.20. The minimum absolute atomic E-state index is 0.00777. The molecular weight excluding hydrogens is 490 g/mol. The number of nitrogens with zero attached hydrogens (tertiary/aromatic N) is 4. The number of ether oxygens (including phenoxy) is 2. The minimum Gasteiger partial charge on any atom is -0.463 e. The molecule has 2 aromatic carbocycles. The fourth-order valence-electron chi connectivity index (χ4n) is 4.95. The lowest BCUT2D eigenvalue weighted by molar-refractivity contribution is 0.122. The molecule has 0 atom stereocenters. The third-order valence-corrected chi connectivity index (χ3v) is 7.36. The Morgan fingerprint density at radius 2 is 1.97 bits per heavy atom. The first-order chi connectivity index (χ1) is 18.4. The van der Waals surface area contributed by atoms with E-state index >= 15 is 4.39 Å². The average Bonchev–Trinajstić information content (AvgIpc) is 3.73. The maximum Gasteiger partial charge on any atom is 0.319 e. The zero-order chi connectivity index (χ0) is 26.4.